The Morgan fingerprint density at radius 2 is 1.93 bits per heavy atom. The third-order valence-corrected chi connectivity index (χ3v) is 5.52. The van der Waals surface area contributed by atoms with Crippen molar-refractivity contribution in [1.82, 2.24) is 15.2 Å². The summed E-state index contributed by atoms with van der Waals surface area (Å²) >= 11 is 1.21. The number of ether oxygens (including phenoxy) is 2. The van der Waals surface area contributed by atoms with E-state index < -0.39 is 6.10 Å². The second-order valence-corrected chi connectivity index (χ2v) is 7.58. The number of benzene rings is 2. The smallest absolute Gasteiger partial charge is 0.277 e. The number of fused-ring (bicyclic) bond motifs is 2. The van der Waals surface area contributed by atoms with Crippen molar-refractivity contribution < 1.29 is 18.7 Å². The topological polar surface area (TPSA) is 90.2 Å². The summed E-state index contributed by atoms with van der Waals surface area (Å²) in [6, 6.07) is 15.2. The van der Waals surface area contributed by atoms with E-state index in [0.29, 0.717) is 28.2 Å². The van der Waals surface area contributed by atoms with Gasteiger partial charge in [0, 0.05) is 22.2 Å². The van der Waals surface area contributed by atoms with E-state index in [9.17, 15) is 4.79 Å². The number of ketones is 1. The second kappa shape index (κ2) is 7.29. The van der Waals surface area contributed by atoms with Crippen molar-refractivity contribution in [3.8, 4) is 11.5 Å². The van der Waals surface area contributed by atoms with E-state index in [1.54, 1.807) is 0 Å². The molecular formula is C21H17N3O4S. The molecule has 5 rings (SSSR count). The fraction of sp³-hybridized carbons (Fsp3) is 0.190. The molecule has 4 aromatic rings. The van der Waals surface area contributed by atoms with Gasteiger partial charge in [0.15, 0.2) is 17.3 Å². The van der Waals surface area contributed by atoms with Gasteiger partial charge in [-0.3, -0.25) is 4.79 Å². The zero-order chi connectivity index (χ0) is 19.8. The number of Topliss-reactive ketones (excluding diaryl/α,β-unsaturated/α-hetero) is 1. The number of nitrogens with zero attached hydrogens (tertiary/aromatic N) is 2. The first-order chi connectivity index (χ1) is 14.2. The van der Waals surface area contributed by atoms with Crippen LogP contribution in [-0.4, -0.2) is 33.3 Å². The fourth-order valence-electron chi connectivity index (χ4n) is 3.39. The fourth-order valence-corrected chi connectivity index (χ4v) is 4.03. The highest BCUT2D eigenvalue weighted by Gasteiger charge is 2.27. The van der Waals surface area contributed by atoms with Gasteiger partial charge in [-0.15, -0.1) is 10.2 Å². The van der Waals surface area contributed by atoms with Gasteiger partial charge in [0.05, 0.1) is 5.75 Å². The van der Waals surface area contributed by atoms with Crippen LogP contribution in [0.15, 0.2) is 58.2 Å². The summed E-state index contributed by atoms with van der Waals surface area (Å²) in [6.45, 7) is 2.19. The number of para-hydroxylation sites is 3. The molecule has 3 heterocycles. The molecule has 0 saturated carbocycles. The number of thioether (sulfide) groups is 1. The number of aromatic nitrogens is 3. The molecule has 1 N–H and O–H groups in total. The quantitative estimate of drug-likeness (QED) is 0.389. The summed E-state index contributed by atoms with van der Waals surface area (Å²) in [6.07, 6.45) is -0.474. The van der Waals surface area contributed by atoms with E-state index in [1.165, 1.54) is 11.8 Å². The van der Waals surface area contributed by atoms with Crippen LogP contribution in [0.5, 0.6) is 11.5 Å². The standard InChI is InChI=1S/C21H17N3O4S/c1-12-19(13-6-2-3-7-14(13)22-12)15(25)11-29-21-24-23-20(28-21)18-10-26-16-8-4-5-9-17(16)27-18/h2-9,18,22H,10-11H2,1H3. The van der Waals surface area contributed by atoms with Crippen LogP contribution in [0.3, 0.4) is 0 Å². The van der Waals surface area contributed by atoms with Crippen LogP contribution in [0.2, 0.25) is 0 Å². The van der Waals surface area contributed by atoms with E-state index in [1.807, 2.05) is 55.5 Å². The Morgan fingerprint density at radius 1 is 1.14 bits per heavy atom. The van der Waals surface area contributed by atoms with Crippen molar-refractivity contribution in [3.63, 3.8) is 0 Å². The predicted molar refractivity (Wildman–Crippen MR) is 108 cm³/mol. The lowest BCUT2D eigenvalue weighted by Gasteiger charge is -2.23. The number of rotatable bonds is 5. The summed E-state index contributed by atoms with van der Waals surface area (Å²) in [5.41, 5.74) is 2.51. The van der Waals surface area contributed by atoms with E-state index in [-0.39, 0.29) is 18.1 Å². The maximum atomic E-state index is 12.8. The maximum absolute atomic E-state index is 12.8. The van der Waals surface area contributed by atoms with Gasteiger partial charge in [-0.2, -0.15) is 0 Å². The Labute approximate surface area is 170 Å². The van der Waals surface area contributed by atoms with Crippen LogP contribution >= 0.6 is 11.8 Å². The Balaban J connectivity index is 1.27. The SMILES string of the molecule is Cc1[nH]c2ccccc2c1C(=O)CSc1nnc(C2COc3ccccc3O2)o1. The molecule has 2 aromatic heterocycles. The minimum Gasteiger partial charge on any atom is -0.485 e. The molecule has 0 amide bonds. The first kappa shape index (κ1) is 17.8. The molecule has 2 aromatic carbocycles. The number of carbonyl (C=O) groups is 1. The lowest BCUT2D eigenvalue weighted by molar-refractivity contribution is 0.0686. The predicted octanol–water partition coefficient (Wildman–Crippen LogP) is 4.35. The molecule has 0 bridgehead atoms. The molecule has 0 saturated heterocycles. The van der Waals surface area contributed by atoms with Gasteiger partial charge in [0.25, 0.3) is 11.1 Å². The van der Waals surface area contributed by atoms with Gasteiger partial charge in [-0.1, -0.05) is 42.1 Å². The van der Waals surface area contributed by atoms with Crippen LogP contribution in [0.1, 0.15) is 28.0 Å². The average molecular weight is 407 g/mol. The summed E-state index contributed by atoms with van der Waals surface area (Å²) in [7, 11) is 0. The highest BCUT2D eigenvalue weighted by molar-refractivity contribution is 7.99. The minimum atomic E-state index is -0.474. The zero-order valence-corrected chi connectivity index (χ0v) is 16.4. The monoisotopic (exact) mass is 407 g/mol. The first-order valence-corrected chi connectivity index (χ1v) is 10.1. The Morgan fingerprint density at radius 3 is 2.83 bits per heavy atom. The zero-order valence-electron chi connectivity index (χ0n) is 15.5. The van der Waals surface area contributed by atoms with E-state index in [0.717, 1.165) is 16.6 Å². The van der Waals surface area contributed by atoms with E-state index >= 15 is 0 Å². The molecule has 8 heteroatoms. The largest absolute Gasteiger partial charge is 0.485 e. The molecule has 1 unspecified atom stereocenters. The summed E-state index contributed by atoms with van der Waals surface area (Å²) in [5, 5.41) is 9.35. The van der Waals surface area contributed by atoms with Crippen molar-refractivity contribution in [3.05, 3.63) is 65.7 Å². The van der Waals surface area contributed by atoms with Crippen LogP contribution in [0.25, 0.3) is 10.9 Å². The lowest BCUT2D eigenvalue weighted by Crippen LogP contribution is -2.21. The first-order valence-electron chi connectivity index (χ1n) is 9.14. The van der Waals surface area contributed by atoms with Crippen LogP contribution < -0.4 is 9.47 Å². The molecule has 29 heavy (non-hydrogen) atoms. The van der Waals surface area contributed by atoms with Crippen LogP contribution in [-0.2, 0) is 0 Å². The molecule has 7 nitrogen and oxygen atoms in total. The van der Waals surface area contributed by atoms with Crippen molar-refractivity contribution in [2.45, 2.75) is 18.3 Å². The normalized spacial score (nSPS) is 15.6. The number of nitrogens with one attached hydrogen (secondary N) is 1. The number of aromatic amines is 1. The third-order valence-electron chi connectivity index (χ3n) is 4.71. The summed E-state index contributed by atoms with van der Waals surface area (Å²) in [5.74, 6) is 1.88. The molecule has 0 fully saturated rings. The van der Waals surface area contributed by atoms with Gasteiger partial charge in [-0.25, -0.2) is 0 Å². The molecule has 146 valence electrons. The molecule has 0 aliphatic carbocycles. The Kier molecular flexibility index (Phi) is 4.48. The maximum Gasteiger partial charge on any atom is 0.277 e. The van der Waals surface area contributed by atoms with Gasteiger partial charge in [0.1, 0.15) is 6.61 Å². The summed E-state index contributed by atoms with van der Waals surface area (Å²) < 4.78 is 17.3. The van der Waals surface area contributed by atoms with E-state index in [4.69, 9.17) is 13.9 Å². The molecular weight excluding hydrogens is 390 g/mol. The van der Waals surface area contributed by atoms with Gasteiger partial charge in [-0.05, 0) is 25.1 Å². The van der Waals surface area contributed by atoms with Crippen molar-refractivity contribution >= 4 is 28.4 Å². The van der Waals surface area contributed by atoms with Gasteiger partial charge >= 0.3 is 0 Å². The van der Waals surface area contributed by atoms with Crippen molar-refractivity contribution in [2.75, 3.05) is 12.4 Å². The summed E-state index contributed by atoms with van der Waals surface area (Å²) in [4.78, 5) is 16.0. The van der Waals surface area contributed by atoms with E-state index in [2.05, 4.69) is 15.2 Å². The second-order valence-electron chi connectivity index (χ2n) is 6.65. The molecule has 1 aliphatic heterocycles. The minimum absolute atomic E-state index is 0.0101. The number of hydrogen-bond acceptors (Lipinski definition) is 7. The number of carbonyl (C=O) groups excluding carboxylic acids is 1. The molecule has 0 spiro atoms. The van der Waals surface area contributed by atoms with Gasteiger partial charge in [0.2, 0.25) is 6.10 Å². The Bertz CT molecular complexity index is 1200. The molecule has 1 atom stereocenters. The van der Waals surface area contributed by atoms with Crippen molar-refractivity contribution in [2.24, 2.45) is 0 Å². The Hall–Kier alpha value is -3.26. The van der Waals surface area contributed by atoms with Gasteiger partial charge < -0.3 is 18.9 Å². The molecule has 1 aliphatic rings. The average Bonchev–Trinajstić information content (AvgIpc) is 3.35. The van der Waals surface area contributed by atoms with Crippen molar-refractivity contribution in [1.29, 1.82) is 0 Å². The number of aryl methyl sites for hydroxylation is 1. The van der Waals surface area contributed by atoms with Crippen LogP contribution in [0.4, 0.5) is 0 Å². The highest BCUT2D eigenvalue weighted by Crippen LogP contribution is 2.36. The van der Waals surface area contributed by atoms with Crippen LogP contribution in [0, 0.1) is 6.92 Å². The highest BCUT2D eigenvalue weighted by atomic mass is 32.2. The lowest BCUT2D eigenvalue weighted by atomic mass is 10.1. The number of H-pyrrole nitrogens is 1. The molecule has 0 radical (unpaired) electrons. The number of hydrogen-bond donors (Lipinski definition) is 1. The third kappa shape index (κ3) is 3.36.